The van der Waals surface area contributed by atoms with Crippen LogP contribution in [0.5, 0.6) is 0 Å². The van der Waals surface area contributed by atoms with Crippen molar-refractivity contribution < 1.29 is 10.2 Å². The second-order valence-electron chi connectivity index (χ2n) is 2.87. The van der Waals surface area contributed by atoms with Crippen molar-refractivity contribution in [3.05, 3.63) is 22.8 Å². The van der Waals surface area contributed by atoms with Gasteiger partial charge in [0.15, 0.2) is 0 Å². The van der Waals surface area contributed by atoms with Crippen molar-refractivity contribution in [2.75, 3.05) is 18.5 Å². The average molecular weight is 228 g/mol. The molecule has 0 atom stereocenters. The summed E-state index contributed by atoms with van der Waals surface area (Å²) in [6.45, 7) is -0.455. The third-order valence-corrected chi connectivity index (χ3v) is 2.04. The van der Waals surface area contributed by atoms with Crippen molar-refractivity contribution in [3.8, 4) is 6.07 Å². The highest BCUT2D eigenvalue weighted by molar-refractivity contribution is 6.33. The van der Waals surface area contributed by atoms with E-state index in [0.29, 0.717) is 11.4 Å². The maximum atomic E-state index is 8.83. The Morgan fingerprint density at radius 3 is 2.67 bits per heavy atom. The fraction of sp³-hybridized carbons (Fsp3) is 0.333. The lowest BCUT2D eigenvalue weighted by Gasteiger charge is -2.14. The van der Waals surface area contributed by atoms with Crippen LogP contribution in [-0.2, 0) is 0 Å². The third-order valence-electron chi connectivity index (χ3n) is 1.75. The van der Waals surface area contributed by atoms with Crippen molar-refractivity contribution in [1.29, 1.82) is 5.26 Å². The van der Waals surface area contributed by atoms with E-state index in [1.807, 2.05) is 6.07 Å². The predicted molar refractivity (Wildman–Crippen MR) is 55.5 cm³/mol. The maximum absolute atomic E-state index is 8.83. The van der Waals surface area contributed by atoms with E-state index < -0.39 is 6.04 Å². The van der Waals surface area contributed by atoms with E-state index in [4.69, 9.17) is 27.1 Å². The summed E-state index contributed by atoms with van der Waals surface area (Å²) >= 11 is 5.83. The van der Waals surface area contributed by atoms with Crippen LogP contribution < -0.4 is 5.32 Å². The average Bonchev–Trinajstić information content (AvgIpc) is 2.27. The van der Waals surface area contributed by atoms with Crippen LogP contribution in [0.25, 0.3) is 0 Å². The Morgan fingerprint density at radius 2 is 2.20 bits per heavy atom. The smallest absolute Gasteiger partial charge is 0.145 e. The maximum Gasteiger partial charge on any atom is 0.145 e. The van der Waals surface area contributed by atoms with Gasteiger partial charge in [0.05, 0.1) is 29.8 Å². The Bertz CT molecular complexity index is 374. The van der Waals surface area contributed by atoms with Gasteiger partial charge in [-0.25, -0.2) is 4.98 Å². The van der Waals surface area contributed by atoms with Gasteiger partial charge in [0, 0.05) is 6.20 Å². The molecule has 0 amide bonds. The van der Waals surface area contributed by atoms with Crippen molar-refractivity contribution >= 4 is 17.4 Å². The molecule has 6 heteroatoms. The summed E-state index contributed by atoms with van der Waals surface area (Å²) in [5.41, 5.74) is 0.357. The van der Waals surface area contributed by atoms with Crippen LogP contribution in [0, 0.1) is 11.3 Å². The molecule has 0 bridgehead atoms. The number of anilines is 1. The van der Waals surface area contributed by atoms with Gasteiger partial charge >= 0.3 is 0 Å². The summed E-state index contributed by atoms with van der Waals surface area (Å²) in [7, 11) is 0. The van der Waals surface area contributed by atoms with Crippen molar-refractivity contribution in [2.45, 2.75) is 6.04 Å². The normalized spacial score (nSPS) is 10.1. The molecule has 15 heavy (non-hydrogen) atoms. The summed E-state index contributed by atoms with van der Waals surface area (Å²) in [6, 6.07) is 2.85. The number of hydrogen-bond acceptors (Lipinski definition) is 5. The third kappa shape index (κ3) is 3.06. The lowest BCUT2D eigenvalue weighted by atomic mass is 10.3. The van der Waals surface area contributed by atoms with Crippen molar-refractivity contribution in [1.82, 2.24) is 4.98 Å². The van der Waals surface area contributed by atoms with E-state index in [1.54, 1.807) is 0 Å². The zero-order valence-corrected chi connectivity index (χ0v) is 8.57. The molecule has 0 fully saturated rings. The van der Waals surface area contributed by atoms with Crippen LogP contribution in [0.3, 0.4) is 0 Å². The van der Waals surface area contributed by atoms with Gasteiger partial charge in [-0.1, -0.05) is 11.6 Å². The van der Waals surface area contributed by atoms with Gasteiger partial charge in [-0.3, -0.25) is 0 Å². The Kier molecular flexibility index (Phi) is 4.31. The molecular formula is C9H10ClN3O2. The lowest BCUT2D eigenvalue weighted by molar-refractivity contribution is 0.203. The number of pyridine rings is 1. The molecule has 1 aromatic heterocycles. The fourth-order valence-electron chi connectivity index (χ4n) is 0.948. The number of aliphatic hydroxyl groups excluding tert-OH is 2. The lowest BCUT2D eigenvalue weighted by Crippen LogP contribution is -2.28. The molecule has 80 valence electrons. The molecule has 1 aromatic rings. The topological polar surface area (TPSA) is 89.2 Å². The standard InChI is InChI=1S/C9H10ClN3O2/c10-8-1-6(2-11)3-12-9(8)13-7(4-14)5-15/h1,3,7,14-15H,4-5H2,(H,12,13). The number of nitriles is 1. The molecule has 0 aliphatic rings. The Hall–Kier alpha value is -1.35. The summed E-state index contributed by atoms with van der Waals surface area (Å²) in [5.74, 6) is 0.337. The van der Waals surface area contributed by atoms with Crippen LogP contribution in [0.4, 0.5) is 5.82 Å². The number of aliphatic hydroxyl groups is 2. The van der Waals surface area contributed by atoms with E-state index in [9.17, 15) is 0 Å². The summed E-state index contributed by atoms with van der Waals surface area (Å²) in [4.78, 5) is 3.90. The number of halogens is 1. The van der Waals surface area contributed by atoms with E-state index in [0.717, 1.165) is 0 Å². The number of nitrogens with zero attached hydrogens (tertiary/aromatic N) is 2. The first kappa shape index (κ1) is 11.7. The Balaban J connectivity index is 2.83. The summed E-state index contributed by atoms with van der Waals surface area (Å²) < 4.78 is 0. The summed E-state index contributed by atoms with van der Waals surface area (Å²) in [5, 5.41) is 29.3. The van der Waals surface area contributed by atoms with Crippen LogP contribution >= 0.6 is 11.6 Å². The number of hydrogen-bond donors (Lipinski definition) is 3. The Morgan fingerprint density at radius 1 is 1.53 bits per heavy atom. The first-order valence-electron chi connectivity index (χ1n) is 4.25. The van der Waals surface area contributed by atoms with Gasteiger partial charge in [0.1, 0.15) is 11.9 Å². The molecule has 1 heterocycles. The zero-order valence-electron chi connectivity index (χ0n) is 7.81. The van der Waals surface area contributed by atoms with Crippen LogP contribution in [0.1, 0.15) is 5.56 Å². The highest BCUT2D eigenvalue weighted by Gasteiger charge is 2.09. The highest BCUT2D eigenvalue weighted by atomic mass is 35.5. The van der Waals surface area contributed by atoms with E-state index in [-0.39, 0.29) is 18.2 Å². The van der Waals surface area contributed by atoms with Gasteiger partial charge in [-0.05, 0) is 6.07 Å². The quantitative estimate of drug-likeness (QED) is 0.692. The highest BCUT2D eigenvalue weighted by Crippen LogP contribution is 2.20. The number of rotatable bonds is 4. The zero-order chi connectivity index (χ0) is 11.3. The molecule has 0 spiro atoms. The van der Waals surface area contributed by atoms with Crippen LogP contribution in [0.2, 0.25) is 5.02 Å². The van der Waals surface area contributed by atoms with Crippen LogP contribution in [-0.4, -0.2) is 34.5 Å². The molecule has 0 radical (unpaired) electrons. The SMILES string of the molecule is N#Cc1cnc(NC(CO)CO)c(Cl)c1. The van der Waals surface area contributed by atoms with Gasteiger partial charge < -0.3 is 15.5 Å². The molecular weight excluding hydrogens is 218 g/mol. The fourth-order valence-corrected chi connectivity index (χ4v) is 1.17. The first-order chi connectivity index (χ1) is 7.21. The van der Waals surface area contributed by atoms with Gasteiger partial charge in [-0.2, -0.15) is 5.26 Å². The minimum absolute atomic E-state index is 0.228. The minimum Gasteiger partial charge on any atom is -0.394 e. The molecule has 0 aliphatic heterocycles. The van der Waals surface area contributed by atoms with Gasteiger partial charge in [0.2, 0.25) is 0 Å². The minimum atomic E-state index is -0.511. The molecule has 0 aromatic carbocycles. The second-order valence-corrected chi connectivity index (χ2v) is 3.28. The molecule has 0 aliphatic carbocycles. The molecule has 5 nitrogen and oxygen atoms in total. The van der Waals surface area contributed by atoms with Crippen molar-refractivity contribution in [3.63, 3.8) is 0 Å². The van der Waals surface area contributed by atoms with Crippen LogP contribution in [0.15, 0.2) is 12.3 Å². The van der Waals surface area contributed by atoms with Gasteiger partial charge in [-0.15, -0.1) is 0 Å². The molecule has 0 unspecified atom stereocenters. The predicted octanol–water partition coefficient (Wildman–Crippen LogP) is 0.372. The monoisotopic (exact) mass is 227 g/mol. The van der Waals surface area contributed by atoms with Crippen molar-refractivity contribution in [2.24, 2.45) is 0 Å². The Labute approximate surface area is 91.9 Å². The van der Waals surface area contributed by atoms with Gasteiger partial charge in [0.25, 0.3) is 0 Å². The second kappa shape index (κ2) is 5.51. The number of nitrogens with one attached hydrogen (secondary N) is 1. The molecule has 0 saturated carbocycles. The number of aromatic nitrogens is 1. The molecule has 3 N–H and O–H groups in total. The van der Waals surface area contributed by atoms with E-state index >= 15 is 0 Å². The molecule has 1 rings (SSSR count). The van der Waals surface area contributed by atoms with E-state index in [2.05, 4.69) is 10.3 Å². The molecule has 0 saturated heterocycles. The first-order valence-corrected chi connectivity index (χ1v) is 4.63. The van der Waals surface area contributed by atoms with E-state index in [1.165, 1.54) is 12.3 Å². The largest absolute Gasteiger partial charge is 0.394 e. The summed E-state index contributed by atoms with van der Waals surface area (Å²) in [6.07, 6.45) is 1.36.